The Morgan fingerprint density at radius 1 is 1.18 bits per heavy atom. The number of sulfonamides is 1. The molecule has 0 radical (unpaired) electrons. The number of nitrogens with one attached hydrogen (secondary N) is 2. The van der Waals surface area contributed by atoms with Gasteiger partial charge in [-0.2, -0.15) is 13.2 Å². The van der Waals surface area contributed by atoms with Crippen LogP contribution in [0.15, 0.2) is 47.4 Å². The van der Waals surface area contributed by atoms with Crippen molar-refractivity contribution in [2.75, 3.05) is 18.5 Å². The first kappa shape index (κ1) is 22.0. The van der Waals surface area contributed by atoms with Crippen molar-refractivity contribution < 1.29 is 31.1 Å². The van der Waals surface area contributed by atoms with E-state index in [9.17, 15) is 26.4 Å². The number of halogens is 4. The molecule has 0 aliphatic carbocycles. The van der Waals surface area contributed by atoms with Crippen LogP contribution in [-0.2, 0) is 21.0 Å². The van der Waals surface area contributed by atoms with Gasteiger partial charge in [0.1, 0.15) is 5.75 Å². The predicted octanol–water partition coefficient (Wildman–Crippen LogP) is 3.67. The predicted molar refractivity (Wildman–Crippen MR) is 97.9 cm³/mol. The van der Waals surface area contributed by atoms with Crippen molar-refractivity contribution in [2.45, 2.75) is 18.0 Å². The highest BCUT2D eigenvalue weighted by molar-refractivity contribution is 7.89. The maximum Gasteiger partial charge on any atom is 0.416 e. The fourth-order valence-corrected chi connectivity index (χ4v) is 3.36. The highest BCUT2D eigenvalue weighted by Crippen LogP contribution is 2.30. The number of rotatable bonds is 7. The maximum atomic E-state index is 12.7. The number of carbonyl (C=O) groups is 1. The molecule has 0 spiro atoms. The molecule has 2 aromatic carbocycles. The second kappa shape index (κ2) is 8.80. The molecule has 28 heavy (non-hydrogen) atoms. The van der Waals surface area contributed by atoms with E-state index in [1.54, 1.807) is 13.0 Å². The lowest BCUT2D eigenvalue weighted by Crippen LogP contribution is -2.33. The summed E-state index contributed by atoms with van der Waals surface area (Å²) in [6.07, 6.45) is -4.69. The molecule has 0 bridgehead atoms. The summed E-state index contributed by atoms with van der Waals surface area (Å²) in [7, 11) is -4.33. The number of ether oxygens (including phenoxy) is 1. The van der Waals surface area contributed by atoms with Crippen molar-refractivity contribution in [3.05, 3.63) is 53.1 Å². The first-order valence-electron chi connectivity index (χ1n) is 7.92. The number of amides is 1. The molecule has 2 rings (SSSR count). The zero-order valence-corrected chi connectivity index (χ0v) is 16.1. The van der Waals surface area contributed by atoms with E-state index in [1.807, 2.05) is 4.72 Å². The monoisotopic (exact) mass is 436 g/mol. The van der Waals surface area contributed by atoms with Crippen molar-refractivity contribution in [3.63, 3.8) is 0 Å². The minimum atomic E-state index is -4.69. The van der Waals surface area contributed by atoms with Crippen LogP contribution in [0, 0.1) is 0 Å². The zero-order chi connectivity index (χ0) is 20.9. The molecule has 2 aromatic rings. The average Bonchev–Trinajstić information content (AvgIpc) is 2.62. The molecule has 0 heterocycles. The van der Waals surface area contributed by atoms with Crippen LogP contribution in [0.4, 0.5) is 18.9 Å². The van der Waals surface area contributed by atoms with Gasteiger partial charge in [0.05, 0.1) is 29.3 Å². The molecule has 0 atom stereocenters. The Balaban J connectivity index is 2.09. The van der Waals surface area contributed by atoms with Crippen LogP contribution in [0.25, 0.3) is 0 Å². The molecular formula is C17H16ClF3N2O4S. The third-order valence-corrected chi connectivity index (χ3v) is 5.04. The number of anilines is 1. The molecule has 152 valence electrons. The van der Waals surface area contributed by atoms with E-state index < -0.39 is 39.1 Å². The van der Waals surface area contributed by atoms with E-state index in [0.29, 0.717) is 23.4 Å². The van der Waals surface area contributed by atoms with E-state index in [2.05, 4.69) is 5.32 Å². The molecule has 11 heteroatoms. The molecule has 1 amide bonds. The molecule has 2 N–H and O–H groups in total. The smallest absolute Gasteiger partial charge is 0.416 e. The second-order valence-electron chi connectivity index (χ2n) is 5.47. The Morgan fingerprint density at radius 2 is 1.89 bits per heavy atom. The van der Waals surface area contributed by atoms with Crippen molar-refractivity contribution in [2.24, 2.45) is 0 Å². The van der Waals surface area contributed by atoms with Gasteiger partial charge < -0.3 is 10.1 Å². The van der Waals surface area contributed by atoms with Crippen LogP contribution in [0.2, 0.25) is 5.02 Å². The molecule has 0 saturated carbocycles. The summed E-state index contributed by atoms with van der Waals surface area (Å²) in [5.41, 5.74) is -0.877. The first-order chi connectivity index (χ1) is 13.0. The van der Waals surface area contributed by atoms with E-state index in [-0.39, 0.29) is 5.69 Å². The van der Waals surface area contributed by atoms with Crippen molar-refractivity contribution in [3.8, 4) is 5.75 Å². The third-order valence-electron chi connectivity index (χ3n) is 3.41. The molecule has 0 fully saturated rings. The molecule has 0 aliphatic rings. The van der Waals surface area contributed by atoms with Crippen LogP contribution in [0.1, 0.15) is 12.5 Å². The molecule has 6 nitrogen and oxygen atoms in total. The Bertz CT molecular complexity index is 965. The molecule has 0 aliphatic heterocycles. The van der Waals surface area contributed by atoms with Gasteiger partial charge in [0, 0.05) is 5.02 Å². The zero-order valence-electron chi connectivity index (χ0n) is 14.5. The number of benzene rings is 2. The lowest BCUT2D eigenvalue weighted by Gasteiger charge is -2.13. The van der Waals surface area contributed by atoms with Crippen LogP contribution >= 0.6 is 11.6 Å². The number of alkyl halides is 3. The van der Waals surface area contributed by atoms with E-state index in [1.165, 1.54) is 12.1 Å². The minimum Gasteiger partial charge on any atom is -0.492 e. The van der Waals surface area contributed by atoms with Crippen LogP contribution in [0.3, 0.4) is 0 Å². The summed E-state index contributed by atoms with van der Waals surface area (Å²) in [6.45, 7) is 1.37. The summed E-state index contributed by atoms with van der Waals surface area (Å²) in [5, 5.41) is 2.76. The first-order valence-corrected chi connectivity index (χ1v) is 9.78. The van der Waals surface area contributed by atoms with Gasteiger partial charge in [-0.25, -0.2) is 13.1 Å². The highest BCUT2D eigenvalue weighted by atomic mass is 35.5. The van der Waals surface area contributed by atoms with Crippen LogP contribution < -0.4 is 14.8 Å². The lowest BCUT2D eigenvalue weighted by molar-refractivity contribution is -0.137. The fourth-order valence-electron chi connectivity index (χ4n) is 2.16. The fraction of sp³-hybridized carbons (Fsp3) is 0.235. The third kappa shape index (κ3) is 5.85. The SMILES string of the molecule is CCOc1ccc(Cl)cc1NC(=O)CNS(=O)(=O)c1cccc(C(F)(F)F)c1. The van der Waals surface area contributed by atoms with Gasteiger partial charge in [-0.3, -0.25) is 4.79 Å². The summed E-state index contributed by atoms with van der Waals surface area (Å²) in [5.74, 6) is -0.417. The van der Waals surface area contributed by atoms with Gasteiger partial charge in [-0.1, -0.05) is 17.7 Å². The topological polar surface area (TPSA) is 84.5 Å². The molecular weight excluding hydrogens is 421 g/mol. The number of hydrogen-bond donors (Lipinski definition) is 2. The largest absolute Gasteiger partial charge is 0.492 e. The van der Waals surface area contributed by atoms with Gasteiger partial charge in [0.25, 0.3) is 0 Å². The quantitative estimate of drug-likeness (QED) is 0.693. The number of carbonyl (C=O) groups excluding carboxylic acids is 1. The van der Waals surface area contributed by atoms with Gasteiger partial charge in [0.15, 0.2) is 0 Å². The van der Waals surface area contributed by atoms with Gasteiger partial charge in [-0.15, -0.1) is 0 Å². The van der Waals surface area contributed by atoms with Crippen molar-refractivity contribution >= 4 is 33.2 Å². The average molecular weight is 437 g/mol. The van der Waals surface area contributed by atoms with E-state index >= 15 is 0 Å². The Labute approximate surface area is 164 Å². The Morgan fingerprint density at radius 3 is 2.54 bits per heavy atom. The Kier molecular flexibility index (Phi) is 6.91. The summed E-state index contributed by atoms with van der Waals surface area (Å²) >= 11 is 5.87. The molecule has 0 saturated heterocycles. The molecule has 0 unspecified atom stereocenters. The summed E-state index contributed by atoms with van der Waals surface area (Å²) in [4.78, 5) is 11.5. The van der Waals surface area contributed by atoms with Gasteiger partial charge >= 0.3 is 6.18 Å². The van der Waals surface area contributed by atoms with Crippen molar-refractivity contribution in [1.82, 2.24) is 4.72 Å². The van der Waals surface area contributed by atoms with Gasteiger partial charge in [0.2, 0.25) is 15.9 Å². The highest BCUT2D eigenvalue weighted by Gasteiger charge is 2.31. The molecule has 0 aromatic heterocycles. The van der Waals surface area contributed by atoms with E-state index in [0.717, 1.165) is 18.2 Å². The summed E-state index contributed by atoms with van der Waals surface area (Å²) < 4.78 is 69.9. The van der Waals surface area contributed by atoms with E-state index in [4.69, 9.17) is 16.3 Å². The Hall–Kier alpha value is -2.30. The second-order valence-corrected chi connectivity index (χ2v) is 7.68. The minimum absolute atomic E-state index is 0.234. The van der Waals surface area contributed by atoms with Crippen LogP contribution in [-0.4, -0.2) is 27.5 Å². The summed E-state index contributed by atoms with van der Waals surface area (Å²) in [6, 6.07) is 7.72. The lowest BCUT2D eigenvalue weighted by atomic mass is 10.2. The standard InChI is InChI=1S/C17H16ClF3N2O4S/c1-2-27-15-7-6-12(18)9-14(15)23-16(24)10-22-28(25,26)13-5-3-4-11(8-13)17(19,20)21/h3-9,22H,2,10H2,1H3,(H,23,24). The van der Waals surface area contributed by atoms with Crippen LogP contribution in [0.5, 0.6) is 5.75 Å². The van der Waals surface area contributed by atoms with Gasteiger partial charge in [-0.05, 0) is 43.3 Å². The number of hydrogen-bond acceptors (Lipinski definition) is 4. The normalized spacial score (nSPS) is 11.9. The van der Waals surface area contributed by atoms with Crippen molar-refractivity contribution in [1.29, 1.82) is 0 Å². The maximum absolute atomic E-state index is 12.7.